The highest BCUT2D eigenvalue weighted by atomic mass is 16.5. The molecule has 1 rings (SSSR count). The SMILES string of the molecule is CCC1CNC(C)(C)N(O)C(C)(C)C1. The standard InChI is InChI=1S/C11H24N2O/c1-6-9-7-10(2,3)13(14)11(4,5)12-8-9/h9,12,14H,6-8H2,1-5H3. The molecule has 0 saturated carbocycles. The van der Waals surface area contributed by atoms with E-state index >= 15 is 0 Å². The minimum atomic E-state index is -0.326. The van der Waals surface area contributed by atoms with Gasteiger partial charge in [0.25, 0.3) is 0 Å². The fraction of sp³-hybridized carbons (Fsp3) is 1.00. The third-order valence-electron chi connectivity index (χ3n) is 3.29. The van der Waals surface area contributed by atoms with Crippen LogP contribution < -0.4 is 5.32 Å². The predicted molar refractivity (Wildman–Crippen MR) is 58.2 cm³/mol. The Morgan fingerprint density at radius 3 is 2.43 bits per heavy atom. The fourth-order valence-corrected chi connectivity index (χ4v) is 2.38. The molecule has 0 aliphatic carbocycles. The van der Waals surface area contributed by atoms with Gasteiger partial charge in [-0.1, -0.05) is 13.3 Å². The molecule has 1 fully saturated rings. The lowest BCUT2D eigenvalue weighted by molar-refractivity contribution is -0.228. The highest BCUT2D eigenvalue weighted by Crippen LogP contribution is 2.31. The third-order valence-corrected chi connectivity index (χ3v) is 3.29. The molecular formula is C11H24N2O. The third kappa shape index (κ3) is 2.27. The molecule has 0 bridgehead atoms. The van der Waals surface area contributed by atoms with E-state index in [1.54, 1.807) is 0 Å². The van der Waals surface area contributed by atoms with Gasteiger partial charge in [-0.05, 0) is 46.6 Å². The van der Waals surface area contributed by atoms with Gasteiger partial charge in [0.05, 0.1) is 5.66 Å². The molecule has 0 aromatic carbocycles. The maximum atomic E-state index is 10.1. The van der Waals surface area contributed by atoms with Crippen molar-refractivity contribution in [3.05, 3.63) is 0 Å². The van der Waals surface area contributed by atoms with Crippen LogP contribution >= 0.6 is 0 Å². The van der Waals surface area contributed by atoms with Gasteiger partial charge in [-0.25, -0.2) is 0 Å². The van der Waals surface area contributed by atoms with E-state index in [0.717, 1.165) is 13.0 Å². The average Bonchev–Trinajstić information content (AvgIpc) is 2.16. The second kappa shape index (κ2) is 3.80. The highest BCUT2D eigenvalue weighted by Gasteiger charge is 2.41. The number of hydrogen-bond acceptors (Lipinski definition) is 3. The van der Waals surface area contributed by atoms with Crippen LogP contribution in [-0.4, -0.2) is 28.0 Å². The quantitative estimate of drug-likeness (QED) is 0.681. The van der Waals surface area contributed by atoms with Crippen molar-refractivity contribution >= 4 is 0 Å². The van der Waals surface area contributed by atoms with E-state index in [-0.39, 0.29) is 11.2 Å². The Morgan fingerprint density at radius 1 is 1.36 bits per heavy atom. The number of rotatable bonds is 1. The van der Waals surface area contributed by atoms with Crippen LogP contribution in [0.15, 0.2) is 0 Å². The number of nitrogens with zero attached hydrogens (tertiary/aromatic N) is 1. The van der Waals surface area contributed by atoms with Crippen LogP contribution in [0, 0.1) is 5.92 Å². The van der Waals surface area contributed by atoms with Gasteiger partial charge in [0.15, 0.2) is 0 Å². The van der Waals surface area contributed by atoms with Crippen molar-refractivity contribution in [3.63, 3.8) is 0 Å². The van der Waals surface area contributed by atoms with Crippen LogP contribution in [0.2, 0.25) is 0 Å². The summed E-state index contributed by atoms with van der Waals surface area (Å²) in [6.07, 6.45) is 2.21. The Labute approximate surface area is 87.4 Å². The Kier molecular flexibility index (Phi) is 3.24. The maximum absolute atomic E-state index is 10.1. The van der Waals surface area contributed by atoms with Gasteiger partial charge in [0.1, 0.15) is 0 Å². The molecule has 84 valence electrons. The first-order valence-corrected chi connectivity index (χ1v) is 5.54. The van der Waals surface area contributed by atoms with Crippen LogP contribution in [0.25, 0.3) is 0 Å². The Balaban J connectivity index is 2.85. The summed E-state index contributed by atoms with van der Waals surface area (Å²) < 4.78 is 0. The summed E-state index contributed by atoms with van der Waals surface area (Å²) >= 11 is 0. The number of hydrogen-bond donors (Lipinski definition) is 2. The van der Waals surface area contributed by atoms with Crippen molar-refractivity contribution in [1.29, 1.82) is 0 Å². The number of hydroxylamine groups is 2. The summed E-state index contributed by atoms with van der Waals surface area (Å²) in [5.74, 6) is 0.654. The first-order chi connectivity index (χ1) is 6.29. The molecule has 1 unspecified atom stereocenters. The fourth-order valence-electron chi connectivity index (χ4n) is 2.38. The summed E-state index contributed by atoms with van der Waals surface area (Å²) in [5, 5.41) is 15.0. The molecule has 1 atom stereocenters. The zero-order valence-electron chi connectivity index (χ0n) is 10.1. The summed E-state index contributed by atoms with van der Waals surface area (Å²) in [5.41, 5.74) is -0.471. The molecule has 0 amide bonds. The first-order valence-electron chi connectivity index (χ1n) is 5.54. The van der Waals surface area contributed by atoms with E-state index in [4.69, 9.17) is 0 Å². The Hall–Kier alpha value is -0.120. The molecule has 3 nitrogen and oxygen atoms in total. The first kappa shape index (κ1) is 12.0. The predicted octanol–water partition coefficient (Wildman–Crippen LogP) is 2.21. The van der Waals surface area contributed by atoms with Crippen molar-refractivity contribution in [2.45, 2.75) is 58.7 Å². The maximum Gasteiger partial charge on any atom is 0.0899 e. The minimum Gasteiger partial charge on any atom is -0.312 e. The second-order valence-corrected chi connectivity index (χ2v) is 5.54. The van der Waals surface area contributed by atoms with Gasteiger partial charge in [-0.15, -0.1) is 0 Å². The van der Waals surface area contributed by atoms with Crippen molar-refractivity contribution < 1.29 is 5.21 Å². The van der Waals surface area contributed by atoms with Crippen LogP contribution in [-0.2, 0) is 0 Å². The van der Waals surface area contributed by atoms with Gasteiger partial charge in [0, 0.05) is 5.54 Å². The van der Waals surface area contributed by atoms with Crippen molar-refractivity contribution in [1.82, 2.24) is 10.4 Å². The van der Waals surface area contributed by atoms with E-state index in [0.29, 0.717) is 5.92 Å². The van der Waals surface area contributed by atoms with Crippen molar-refractivity contribution in [2.24, 2.45) is 5.92 Å². The minimum absolute atomic E-state index is 0.145. The summed E-state index contributed by atoms with van der Waals surface area (Å²) in [6.45, 7) is 11.4. The molecule has 2 N–H and O–H groups in total. The van der Waals surface area contributed by atoms with Crippen molar-refractivity contribution in [2.75, 3.05) is 6.54 Å². The van der Waals surface area contributed by atoms with E-state index in [1.807, 2.05) is 13.8 Å². The normalized spacial score (nSPS) is 32.6. The van der Waals surface area contributed by atoms with Crippen LogP contribution in [0.3, 0.4) is 0 Å². The molecule has 0 spiro atoms. The molecule has 14 heavy (non-hydrogen) atoms. The van der Waals surface area contributed by atoms with Gasteiger partial charge < -0.3 is 5.21 Å². The number of nitrogens with one attached hydrogen (secondary N) is 1. The molecule has 3 heteroatoms. The molecule has 0 radical (unpaired) electrons. The molecule has 1 saturated heterocycles. The van der Waals surface area contributed by atoms with Gasteiger partial charge in [0.2, 0.25) is 0 Å². The zero-order chi connectivity index (χ0) is 11.0. The summed E-state index contributed by atoms with van der Waals surface area (Å²) in [6, 6.07) is 0. The smallest absolute Gasteiger partial charge is 0.0899 e. The largest absolute Gasteiger partial charge is 0.312 e. The summed E-state index contributed by atoms with van der Waals surface area (Å²) in [4.78, 5) is 0. The van der Waals surface area contributed by atoms with Gasteiger partial charge in [-0.3, -0.25) is 5.32 Å². The average molecular weight is 200 g/mol. The van der Waals surface area contributed by atoms with E-state index in [9.17, 15) is 5.21 Å². The second-order valence-electron chi connectivity index (χ2n) is 5.54. The van der Waals surface area contributed by atoms with Crippen LogP contribution in [0.5, 0.6) is 0 Å². The summed E-state index contributed by atoms with van der Waals surface area (Å²) in [7, 11) is 0. The van der Waals surface area contributed by atoms with E-state index in [2.05, 4.69) is 26.1 Å². The Morgan fingerprint density at radius 2 is 1.93 bits per heavy atom. The molecule has 1 heterocycles. The molecule has 0 aromatic rings. The molecular weight excluding hydrogens is 176 g/mol. The molecule has 1 aliphatic rings. The zero-order valence-corrected chi connectivity index (χ0v) is 10.1. The molecule has 1 aliphatic heterocycles. The van der Waals surface area contributed by atoms with E-state index in [1.165, 1.54) is 11.5 Å². The highest BCUT2D eigenvalue weighted by molar-refractivity contribution is 4.91. The van der Waals surface area contributed by atoms with Crippen LogP contribution in [0.1, 0.15) is 47.5 Å². The van der Waals surface area contributed by atoms with E-state index < -0.39 is 0 Å². The Bertz CT molecular complexity index is 201. The van der Waals surface area contributed by atoms with Gasteiger partial charge in [-0.2, -0.15) is 5.06 Å². The van der Waals surface area contributed by atoms with Crippen molar-refractivity contribution in [3.8, 4) is 0 Å². The lowest BCUT2D eigenvalue weighted by Crippen LogP contribution is -2.58. The monoisotopic (exact) mass is 200 g/mol. The van der Waals surface area contributed by atoms with Crippen LogP contribution in [0.4, 0.5) is 0 Å². The topological polar surface area (TPSA) is 35.5 Å². The molecule has 0 aromatic heterocycles. The lowest BCUT2D eigenvalue weighted by atomic mass is 9.89. The lowest BCUT2D eigenvalue weighted by Gasteiger charge is -2.42. The van der Waals surface area contributed by atoms with Gasteiger partial charge >= 0.3 is 0 Å².